The van der Waals surface area contributed by atoms with Crippen LogP contribution < -0.4 is 0 Å². The van der Waals surface area contributed by atoms with Gasteiger partial charge in [-0.15, -0.1) is 6.58 Å². The van der Waals surface area contributed by atoms with Crippen molar-refractivity contribution in [3.8, 4) is 0 Å². The lowest BCUT2D eigenvalue weighted by atomic mass is 10.3. The third kappa shape index (κ3) is 5.42. The molecule has 0 aromatic rings. The lowest BCUT2D eigenvalue weighted by Crippen LogP contribution is -2.43. The van der Waals surface area contributed by atoms with Gasteiger partial charge >= 0.3 is 5.97 Å². The van der Waals surface area contributed by atoms with E-state index in [2.05, 4.69) is 6.58 Å². The van der Waals surface area contributed by atoms with E-state index >= 15 is 0 Å². The third-order valence-corrected chi connectivity index (χ3v) is 3.05. The number of rotatable bonds is 9. The molecule has 0 atom stereocenters. The van der Waals surface area contributed by atoms with E-state index in [1.54, 1.807) is 17.9 Å². The van der Waals surface area contributed by atoms with Gasteiger partial charge in [0.2, 0.25) is 5.91 Å². The largest absolute Gasteiger partial charge is 0.465 e. The molecule has 1 amide bonds. The van der Waals surface area contributed by atoms with Crippen molar-refractivity contribution in [2.24, 2.45) is 0 Å². The standard InChI is InChI=1S/C14H24N2O3/c1-4-9-15(11-14(18)19-6-3)10-13(17)16(5-2)12-7-8-12/h4,12H,1,5-11H2,2-3H3. The molecule has 0 aromatic heterocycles. The van der Waals surface area contributed by atoms with E-state index in [9.17, 15) is 9.59 Å². The summed E-state index contributed by atoms with van der Waals surface area (Å²) in [5.74, 6) is -0.220. The Labute approximate surface area is 115 Å². The van der Waals surface area contributed by atoms with Gasteiger partial charge in [-0.1, -0.05) is 6.08 Å². The molecule has 1 rings (SSSR count). The highest BCUT2D eigenvalue weighted by Gasteiger charge is 2.31. The summed E-state index contributed by atoms with van der Waals surface area (Å²) in [4.78, 5) is 27.3. The normalized spacial score (nSPS) is 14.3. The number of esters is 1. The number of amides is 1. The van der Waals surface area contributed by atoms with Crippen molar-refractivity contribution in [3.63, 3.8) is 0 Å². The Morgan fingerprint density at radius 1 is 1.32 bits per heavy atom. The second-order valence-electron chi connectivity index (χ2n) is 4.67. The van der Waals surface area contributed by atoms with Crippen molar-refractivity contribution in [1.82, 2.24) is 9.80 Å². The summed E-state index contributed by atoms with van der Waals surface area (Å²) in [6.07, 6.45) is 3.89. The monoisotopic (exact) mass is 268 g/mol. The lowest BCUT2D eigenvalue weighted by molar-refractivity contribution is -0.145. The molecular formula is C14H24N2O3. The zero-order valence-electron chi connectivity index (χ0n) is 11.9. The van der Waals surface area contributed by atoms with Gasteiger partial charge in [0.15, 0.2) is 0 Å². The molecule has 1 fully saturated rings. The third-order valence-electron chi connectivity index (χ3n) is 3.05. The van der Waals surface area contributed by atoms with Crippen molar-refractivity contribution in [3.05, 3.63) is 12.7 Å². The minimum absolute atomic E-state index is 0.0798. The highest BCUT2D eigenvalue weighted by atomic mass is 16.5. The van der Waals surface area contributed by atoms with Gasteiger partial charge in [-0.3, -0.25) is 14.5 Å². The molecule has 5 heteroatoms. The quantitative estimate of drug-likeness (QED) is 0.463. The second-order valence-corrected chi connectivity index (χ2v) is 4.67. The number of likely N-dealkylation sites (N-methyl/N-ethyl adjacent to an activating group) is 1. The molecule has 1 aliphatic rings. The van der Waals surface area contributed by atoms with Gasteiger partial charge in [0.25, 0.3) is 0 Å². The van der Waals surface area contributed by atoms with E-state index in [0.29, 0.717) is 19.2 Å². The fourth-order valence-corrected chi connectivity index (χ4v) is 2.06. The molecule has 0 bridgehead atoms. The number of hydrogen-bond donors (Lipinski definition) is 0. The van der Waals surface area contributed by atoms with E-state index in [0.717, 1.165) is 19.4 Å². The zero-order valence-corrected chi connectivity index (χ0v) is 11.9. The molecule has 19 heavy (non-hydrogen) atoms. The van der Waals surface area contributed by atoms with Gasteiger partial charge in [-0.05, 0) is 26.7 Å². The van der Waals surface area contributed by atoms with Crippen LogP contribution in [0, 0.1) is 0 Å². The molecule has 0 saturated heterocycles. The highest BCUT2D eigenvalue weighted by Crippen LogP contribution is 2.26. The van der Waals surface area contributed by atoms with Crippen LogP contribution in [-0.2, 0) is 14.3 Å². The van der Waals surface area contributed by atoms with Gasteiger partial charge in [0.05, 0.1) is 19.7 Å². The summed E-state index contributed by atoms with van der Waals surface area (Å²) in [5, 5.41) is 0. The first-order chi connectivity index (χ1) is 9.12. The fraction of sp³-hybridized carbons (Fsp3) is 0.714. The zero-order chi connectivity index (χ0) is 14.3. The number of nitrogens with zero attached hydrogens (tertiary/aromatic N) is 2. The minimum atomic E-state index is -0.299. The van der Waals surface area contributed by atoms with Gasteiger partial charge in [-0.2, -0.15) is 0 Å². The van der Waals surface area contributed by atoms with Crippen LogP contribution in [0.4, 0.5) is 0 Å². The van der Waals surface area contributed by atoms with Crippen LogP contribution in [0.2, 0.25) is 0 Å². The van der Waals surface area contributed by atoms with Crippen LogP contribution in [-0.4, -0.2) is 60.5 Å². The molecule has 108 valence electrons. The van der Waals surface area contributed by atoms with Crippen LogP contribution in [0.15, 0.2) is 12.7 Å². The van der Waals surface area contributed by atoms with E-state index in [-0.39, 0.29) is 25.0 Å². The summed E-state index contributed by atoms with van der Waals surface area (Å²) >= 11 is 0. The summed E-state index contributed by atoms with van der Waals surface area (Å²) in [5.41, 5.74) is 0. The molecule has 0 N–H and O–H groups in total. The molecule has 0 aliphatic heterocycles. The number of carbonyl (C=O) groups is 2. The molecule has 0 spiro atoms. The predicted molar refractivity (Wildman–Crippen MR) is 73.7 cm³/mol. The second kappa shape index (κ2) is 7.94. The summed E-state index contributed by atoms with van der Waals surface area (Å²) < 4.78 is 4.91. The van der Waals surface area contributed by atoms with Crippen LogP contribution in [0.1, 0.15) is 26.7 Å². The highest BCUT2D eigenvalue weighted by molar-refractivity contribution is 5.80. The Hall–Kier alpha value is -1.36. The maximum atomic E-state index is 12.2. The smallest absolute Gasteiger partial charge is 0.320 e. The average molecular weight is 268 g/mol. The number of carbonyl (C=O) groups excluding carboxylic acids is 2. The Bertz CT molecular complexity index is 327. The summed E-state index contributed by atoms with van der Waals surface area (Å²) in [7, 11) is 0. The Kier molecular flexibility index (Phi) is 6.56. The van der Waals surface area contributed by atoms with E-state index < -0.39 is 0 Å². The van der Waals surface area contributed by atoms with Crippen LogP contribution in [0.25, 0.3) is 0 Å². The molecule has 0 aromatic carbocycles. The first-order valence-electron chi connectivity index (χ1n) is 6.90. The van der Waals surface area contributed by atoms with Gasteiger partial charge in [0, 0.05) is 19.1 Å². The molecule has 1 saturated carbocycles. The molecule has 0 heterocycles. The molecule has 0 radical (unpaired) electrons. The van der Waals surface area contributed by atoms with Crippen LogP contribution in [0.3, 0.4) is 0 Å². The number of ether oxygens (including phenoxy) is 1. The van der Waals surface area contributed by atoms with Crippen molar-refractivity contribution in [1.29, 1.82) is 0 Å². The van der Waals surface area contributed by atoms with Crippen molar-refractivity contribution in [2.75, 3.05) is 32.8 Å². The minimum Gasteiger partial charge on any atom is -0.465 e. The Morgan fingerprint density at radius 3 is 2.47 bits per heavy atom. The first kappa shape index (κ1) is 15.7. The molecular weight excluding hydrogens is 244 g/mol. The van der Waals surface area contributed by atoms with E-state index in [1.165, 1.54) is 0 Å². The Morgan fingerprint density at radius 2 is 2.00 bits per heavy atom. The van der Waals surface area contributed by atoms with Crippen molar-refractivity contribution in [2.45, 2.75) is 32.7 Å². The molecule has 0 unspecified atom stereocenters. The predicted octanol–water partition coefficient (Wildman–Crippen LogP) is 1.05. The topological polar surface area (TPSA) is 49.9 Å². The average Bonchev–Trinajstić information content (AvgIpc) is 3.15. The lowest BCUT2D eigenvalue weighted by Gasteiger charge is -2.25. The van der Waals surface area contributed by atoms with Crippen molar-refractivity contribution < 1.29 is 14.3 Å². The van der Waals surface area contributed by atoms with Crippen LogP contribution >= 0.6 is 0 Å². The maximum Gasteiger partial charge on any atom is 0.320 e. The van der Waals surface area contributed by atoms with E-state index in [4.69, 9.17) is 4.74 Å². The van der Waals surface area contributed by atoms with E-state index in [1.807, 2.05) is 11.8 Å². The molecule has 1 aliphatic carbocycles. The van der Waals surface area contributed by atoms with Crippen molar-refractivity contribution >= 4 is 11.9 Å². The van der Waals surface area contributed by atoms with Crippen LogP contribution in [0.5, 0.6) is 0 Å². The molecule has 5 nitrogen and oxygen atoms in total. The fourth-order valence-electron chi connectivity index (χ4n) is 2.06. The maximum absolute atomic E-state index is 12.2. The number of hydrogen-bond acceptors (Lipinski definition) is 4. The van der Waals surface area contributed by atoms with Gasteiger partial charge in [0.1, 0.15) is 0 Å². The SMILES string of the molecule is C=CCN(CC(=O)OCC)CC(=O)N(CC)C1CC1. The Balaban J connectivity index is 2.48. The summed E-state index contributed by atoms with van der Waals surface area (Å²) in [6, 6.07) is 0.408. The van der Waals surface area contributed by atoms with Gasteiger partial charge in [-0.25, -0.2) is 0 Å². The van der Waals surface area contributed by atoms with Gasteiger partial charge < -0.3 is 9.64 Å². The summed E-state index contributed by atoms with van der Waals surface area (Å²) in [6.45, 7) is 9.38. The first-order valence-corrected chi connectivity index (χ1v) is 6.90.